The topological polar surface area (TPSA) is 23.5 Å². The zero-order valence-corrected chi connectivity index (χ0v) is 9.62. The first-order chi connectivity index (χ1) is 7.72. The van der Waals surface area contributed by atoms with Crippen LogP contribution in [0.25, 0.3) is 0 Å². The van der Waals surface area contributed by atoms with Gasteiger partial charge in [-0.1, -0.05) is 6.07 Å². The Morgan fingerprint density at radius 3 is 3.06 bits per heavy atom. The van der Waals surface area contributed by atoms with E-state index < -0.39 is 0 Å². The number of fused-ring (bicyclic) bond motifs is 1. The fourth-order valence-corrected chi connectivity index (χ4v) is 2.43. The number of benzene rings is 1. The monoisotopic (exact) mass is 223 g/mol. The van der Waals surface area contributed by atoms with Crippen molar-refractivity contribution in [3.63, 3.8) is 0 Å². The average Bonchev–Trinajstić information content (AvgIpc) is 2.28. The predicted molar refractivity (Wildman–Crippen MR) is 61.8 cm³/mol. The molecule has 88 valence electrons. The highest BCUT2D eigenvalue weighted by molar-refractivity contribution is 5.32. The summed E-state index contributed by atoms with van der Waals surface area (Å²) in [6, 6.07) is 5.40. The van der Waals surface area contributed by atoms with Crippen molar-refractivity contribution in [1.82, 2.24) is 4.90 Å². The van der Waals surface area contributed by atoms with Crippen molar-refractivity contribution in [3.8, 4) is 0 Å². The van der Waals surface area contributed by atoms with Crippen molar-refractivity contribution in [2.24, 2.45) is 0 Å². The fourth-order valence-electron chi connectivity index (χ4n) is 2.43. The average molecular weight is 223 g/mol. The molecule has 1 unspecified atom stereocenters. The molecule has 0 aromatic heterocycles. The number of aliphatic hydroxyl groups excluding tert-OH is 1. The number of rotatable bonds is 3. The normalized spacial score (nSPS) is 20.8. The highest BCUT2D eigenvalue weighted by Gasteiger charge is 2.23. The summed E-state index contributed by atoms with van der Waals surface area (Å²) in [6.45, 7) is 4.25. The molecule has 2 rings (SSSR count). The molecule has 1 N–H and O–H groups in total. The van der Waals surface area contributed by atoms with Gasteiger partial charge < -0.3 is 5.11 Å². The first-order valence-electron chi connectivity index (χ1n) is 5.85. The molecule has 1 aromatic rings. The summed E-state index contributed by atoms with van der Waals surface area (Å²) in [5.41, 5.74) is 2.36. The third kappa shape index (κ3) is 2.25. The SMILES string of the molecule is CC1c2ccc(F)cc2CCN1CCCO. The van der Waals surface area contributed by atoms with Crippen LogP contribution in [0.4, 0.5) is 4.39 Å². The summed E-state index contributed by atoms with van der Waals surface area (Å²) >= 11 is 0. The van der Waals surface area contributed by atoms with Gasteiger partial charge in [-0.05, 0) is 43.0 Å². The van der Waals surface area contributed by atoms with Gasteiger partial charge in [-0.15, -0.1) is 0 Å². The highest BCUT2D eigenvalue weighted by atomic mass is 19.1. The lowest BCUT2D eigenvalue weighted by Crippen LogP contribution is -2.35. The van der Waals surface area contributed by atoms with E-state index >= 15 is 0 Å². The van der Waals surface area contributed by atoms with E-state index in [1.54, 1.807) is 6.07 Å². The van der Waals surface area contributed by atoms with Crippen molar-refractivity contribution < 1.29 is 9.50 Å². The van der Waals surface area contributed by atoms with E-state index in [-0.39, 0.29) is 12.4 Å². The van der Waals surface area contributed by atoms with Crippen LogP contribution in [-0.4, -0.2) is 29.7 Å². The van der Waals surface area contributed by atoms with E-state index in [4.69, 9.17) is 5.11 Å². The first-order valence-corrected chi connectivity index (χ1v) is 5.85. The Balaban J connectivity index is 2.15. The molecule has 0 aliphatic carbocycles. The molecule has 0 bridgehead atoms. The summed E-state index contributed by atoms with van der Waals surface area (Å²) in [5.74, 6) is -0.144. The third-order valence-corrected chi connectivity index (χ3v) is 3.37. The molecule has 1 aliphatic heterocycles. The Kier molecular flexibility index (Phi) is 3.56. The van der Waals surface area contributed by atoms with Crippen molar-refractivity contribution >= 4 is 0 Å². The smallest absolute Gasteiger partial charge is 0.123 e. The molecule has 3 heteroatoms. The molecule has 0 fully saturated rings. The Morgan fingerprint density at radius 1 is 1.50 bits per heavy atom. The molecule has 0 saturated heterocycles. The molecule has 0 radical (unpaired) electrons. The van der Waals surface area contributed by atoms with Crippen LogP contribution in [0.3, 0.4) is 0 Å². The summed E-state index contributed by atoms with van der Waals surface area (Å²) in [4.78, 5) is 2.34. The minimum absolute atomic E-state index is 0.144. The van der Waals surface area contributed by atoms with E-state index in [0.717, 1.165) is 31.5 Å². The van der Waals surface area contributed by atoms with Gasteiger partial charge in [0, 0.05) is 25.7 Å². The molecule has 1 aromatic carbocycles. The van der Waals surface area contributed by atoms with Gasteiger partial charge in [0.25, 0.3) is 0 Å². The second-order valence-corrected chi connectivity index (χ2v) is 4.38. The van der Waals surface area contributed by atoms with E-state index in [0.29, 0.717) is 6.04 Å². The van der Waals surface area contributed by atoms with Crippen molar-refractivity contribution in [3.05, 3.63) is 35.1 Å². The van der Waals surface area contributed by atoms with E-state index in [1.807, 2.05) is 6.07 Å². The highest BCUT2D eigenvalue weighted by Crippen LogP contribution is 2.29. The molecule has 0 saturated carbocycles. The Hall–Kier alpha value is -0.930. The number of halogens is 1. The molecule has 1 atom stereocenters. The summed E-state index contributed by atoms with van der Waals surface area (Å²) in [6.07, 6.45) is 1.71. The number of nitrogens with zero attached hydrogens (tertiary/aromatic N) is 1. The van der Waals surface area contributed by atoms with Gasteiger partial charge >= 0.3 is 0 Å². The molecule has 1 aliphatic rings. The quantitative estimate of drug-likeness (QED) is 0.848. The minimum atomic E-state index is -0.144. The van der Waals surface area contributed by atoms with Gasteiger partial charge in [-0.3, -0.25) is 4.90 Å². The lowest BCUT2D eigenvalue weighted by molar-refractivity contribution is 0.174. The maximum atomic E-state index is 13.1. The van der Waals surface area contributed by atoms with Crippen LogP contribution >= 0.6 is 0 Å². The van der Waals surface area contributed by atoms with Gasteiger partial charge in [0.1, 0.15) is 5.82 Å². The lowest BCUT2D eigenvalue weighted by atomic mass is 9.93. The van der Waals surface area contributed by atoms with Gasteiger partial charge in [-0.25, -0.2) is 4.39 Å². The number of aliphatic hydroxyl groups is 1. The Morgan fingerprint density at radius 2 is 2.31 bits per heavy atom. The van der Waals surface area contributed by atoms with Crippen LogP contribution < -0.4 is 0 Å². The number of hydrogen-bond donors (Lipinski definition) is 1. The van der Waals surface area contributed by atoms with Crippen LogP contribution in [0.1, 0.15) is 30.5 Å². The molecule has 0 amide bonds. The standard InChI is InChI=1S/C13H18FNO/c1-10-13-4-3-12(14)9-11(13)5-7-15(10)6-2-8-16/h3-4,9-10,16H,2,5-8H2,1H3. The second kappa shape index (κ2) is 4.93. The third-order valence-electron chi connectivity index (χ3n) is 3.37. The summed E-state index contributed by atoms with van der Waals surface area (Å²) in [5, 5.41) is 8.84. The van der Waals surface area contributed by atoms with Crippen LogP contribution in [0.5, 0.6) is 0 Å². The molecule has 0 spiro atoms. The Labute approximate surface area is 95.7 Å². The van der Waals surface area contributed by atoms with E-state index in [9.17, 15) is 4.39 Å². The van der Waals surface area contributed by atoms with Crippen molar-refractivity contribution in [1.29, 1.82) is 0 Å². The minimum Gasteiger partial charge on any atom is -0.396 e. The van der Waals surface area contributed by atoms with Crippen LogP contribution in [-0.2, 0) is 6.42 Å². The Bertz CT molecular complexity index is 367. The zero-order chi connectivity index (χ0) is 11.5. The maximum Gasteiger partial charge on any atom is 0.123 e. The lowest BCUT2D eigenvalue weighted by Gasteiger charge is -2.35. The zero-order valence-electron chi connectivity index (χ0n) is 9.62. The molecular formula is C13H18FNO. The van der Waals surface area contributed by atoms with Crippen molar-refractivity contribution in [2.45, 2.75) is 25.8 Å². The predicted octanol–water partition coefficient (Wildman–Crippen LogP) is 2.13. The van der Waals surface area contributed by atoms with Gasteiger partial charge in [0.2, 0.25) is 0 Å². The molecule has 1 heterocycles. The summed E-state index contributed by atoms with van der Waals surface area (Å²) in [7, 11) is 0. The largest absolute Gasteiger partial charge is 0.396 e. The first kappa shape index (κ1) is 11.6. The van der Waals surface area contributed by atoms with Crippen LogP contribution in [0, 0.1) is 5.82 Å². The van der Waals surface area contributed by atoms with Crippen molar-refractivity contribution in [2.75, 3.05) is 19.7 Å². The second-order valence-electron chi connectivity index (χ2n) is 4.38. The number of hydrogen-bond acceptors (Lipinski definition) is 2. The van der Waals surface area contributed by atoms with Gasteiger partial charge in [-0.2, -0.15) is 0 Å². The maximum absolute atomic E-state index is 13.1. The van der Waals surface area contributed by atoms with E-state index in [2.05, 4.69) is 11.8 Å². The van der Waals surface area contributed by atoms with Crippen LogP contribution in [0.15, 0.2) is 18.2 Å². The van der Waals surface area contributed by atoms with E-state index in [1.165, 1.54) is 11.6 Å². The summed E-state index contributed by atoms with van der Waals surface area (Å²) < 4.78 is 13.1. The molecule has 2 nitrogen and oxygen atoms in total. The molecule has 16 heavy (non-hydrogen) atoms. The van der Waals surface area contributed by atoms with Gasteiger partial charge in [0.15, 0.2) is 0 Å². The van der Waals surface area contributed by atoms with Gasteiger partial charge in [0.05, 0.1) is 0 Å². The molecular weight excluding hydrogens is 205 g/mol. The van der Waals surface area contributed by atoms with Crippen LogP contribution in [0.2, 0.25) is 0 Å². The fraction of sp³-hybridized carbons (Fsp3) is 0.538.